The van der Waals surface area contributed by atoms with Gasteiger partial charge in [0.2, 0.25) is 5.91 Å². The molecule has 18 heavy (non-hydrogen) atoms. The van der Waals surface area contributed by atoms with Gasteiger partial charge in [0.05, 0.1) is 12.6 Å². The molecule has 1 N–H and O–H groups in total. The second-order valence-corrected chi connectivity index (χ2v) is 5.57. The molecule has 2 heterocycles. The summed E-state index contributed by atoms with van der Waals surface area (Å²) in [5.41, 5.74) is 0. The van der Waals surface area contributed by atoms with Crippen LogP contribution in [0.15, 0.2) is 0 Å². The fraction of sp³-hybridized carbons (Fsp3) is 0.929. The van der Waals surface area contributed by atoms with Gasteiger partial charge in [0.25, 0.3) is 0 Å². The van der Waals surface area contributed by atoms with Gasteiger partial charge in [-0.2, -0.15) is 0 Å². The lowest BCUT2D eigenvalue weighted by molar-refractivity contribution is -0.134. The molecule has 1 amide bonds. The van der Waals surface area contributed by atoms with E-state index in [2.05, 4.69) is 4.90 Å². The molecule has 1 atom stereocenters. The van der Waals surface area contributed by atoms with E-state index in [1.165, 1.54) is 19.3 Å². The van der Waals surface area contributed by atoms with Crippen molar-refractivity contribution in [2.75, 3.05) is 32.8 Å². The van der Waals surface area contributed by atoms with Crippen LogP contribution in [0.3, 0.4) is 0 Å². The number of aliphatic hydroxyl groups is 1. The van der Waals surface area contributed by atoms with E-state index in [1.54, 1.807) is 0 Å². The lowest BCUT2D eigenvalue weighted by atomic mass is 10.1. The van der Waals surface area contributed by atoms with Crippen molar-refractivity contribution in [2.45, 2.75) is 51.0 Å². The van der Waals surface area contributed by atoms with Crippen LogP contribution >= 0.6 is 0 Å². The number of nitrogens with zero attached hydrogens (tertiary/aromatic N) is 2. The fourth-order valence-electron chi connectivity index (χ4n) is 3.10. The first-order valence-corrected chi connectivity index (χ1v) is 7.44. The van der Waals surface area contributed by atoms with Gasteiger partial charge in [-0.3, -0.25) is 4.79 Å². The van der Waals surface area contributed by atoms with Gasteiger partial charge in [-0.1, -0.05) is 12.8 Å². The summed E-state index contributed by atoms with van der Waals surface area (Å²) in [6, 6.07) is 0.0681. The molecule has 2 fully saturated rings. The highest BCUT2D eigenvalue weighted by Gasteiger charge is 2.25. The van der Waals surface area contributed by atoms with E-state index in [-0.39, 0.29) is 18.6 Å². The summed E-state index contributed by atoms with van der Waals surface area (Å²) in [5.74, 6) is 0.239. The SMILES string of the molecule is O=C(CCN1CCCC1)N1CCCCCC1CO. The van der Waals surface area contributed by atoms with E-state index < -0.39 is 0 Å². The van der Waals surface area contributed by atoms with Crippen LogP contribution in [0.25, 0.3) is 0 Å². The van der Waals surface area contributed by atoms with Crippen LogP contribution in [-0.4, -0.2) is 59.6 Å². The first-order valence-electron chi connectivity index (χ1n) is 7.44. The molecular weight excluding hydrogens is 228 g/mol. The lowest BCUT2D eigenvalue weighted by Crippen LogP contribution is -2.43. The third kappa shape index (κ3) is 3.69. The van der Waals surface area contributed by atoms with Gasteiger partial charge in [-0.05, 0) is 38.8 Å². The minimum absolute atomic E-state index is 0.0681. The quantitative estimate of drug-likeness (QED) is 0.821. The monoisotopic (exact) mass is 254 g/mol. The lowest BCUT2D eigenvalue weighted by Gasteiger charge is -2.29. The molecule has 104 valence electrons. The number of hydrogen-bond donors (Lipinski definition) is 1. The van der Waals surface area contributed by atoms with Crippen molar-refractivity contribution in [1.82, 2.24) is 9.80 Å². The first-order chi connectivity index (χ1) is 8.81. The molecule has 0 saturated carbocycles. The molecule has 0 aromatic heterocycles. The predicted molar refractivity (Wildman–Crippen MR) is 71.3 cm³/mol. The van der Waals surface area contributed by atoms with Gasteiger partial charge in [0.15, 0.2) is 0 Å². The Morgan fingerprint density at radius 1 is 1.06 bits per heavy atom. The van der Waals surface area contributed by atoms with Crippen LogP contribution in [-0.2, 0) is 4.79 Å². The molecule has 2 saturated heterocycles. The van der Waals surface area contributed by atoms with E-state index >= 15 is 0 Å². The Morgan fingerprint density at radius 2 is 1.78 bits per heavy atom. The molecule has 2 aliphatic heterocycles. The molecule has 0 radical (unpaired) electrons. The Morgan fingerprint density at radius 3 is 2.50 bits per heavy atom. The molecule has 0 aromatic rings. The van der Waals surface area contributed by atoms with Crippen molar-refractivity contribution >= 4 is 5.91 Å². The molecule has 4 heteroatoms. The summed E-state index contributed by atoms with van der Waals surface area (Å²) in [4.78, 5) is 16.6. The molecule has 2 aliphatic rings. The second kappa shape index (κ2) is 7.10. The second-order valence-electron chi connectivity index (χ2n) is 5.57. The standard InChI is InChI=1S/C14H26N2O2/c17-12-13-6-2-1-3-10-16(13)14(18)7-11-15-8-4-5-9-15/h13,17H,1-12H2. The zero-order valence-electron chi connectivity index (χ0n) is 11.3. The topological polar surface area (TPSA) is 43.8 Å². The van der Waals surface area contributed by atoms with Gasteiger partial charge in [-0.25, -0.2) is 0 Å². The van der Waals surface area contributed by atoms with E-state index in [0.717, 1.165) is 45.4 Å². The van der Waals surface area contributed by atoms with E-state index in [4.69, 9.17) is 0 Å². The smallest absolute Gasteiger partial charge is 0.224 e. The molecule has 0 spiro atoms. The number of rotatable bonds is 4. The Bertz CT molecular complexity index is 265. The highest BCUT2D eigenvalue weighted by molar-refractivity contribution is 5.76. The summed E-state index contributed by atoms with van der Waals surface area (Å²) in [7, 11) is 0. The summed E-state index contributed by atoms with van der Waals surface area (Å²) < 4.78 is 0. The largest absolute Gasteiger partial charge is 0.394 e. The highest BCUT2D eigenvalue weighted by Crippen LogP contribution is 2.18. The predicted octanol–water partition coefficient (Wildman–Crippen LogP) is 1.24. The molecular formula is C14H26N2O2. The van der Waals surface area contributed by atoms with Crippen molar-refractivity contribution in [1.29, 1.82) is 0 Å². The van der Waals surface area contributed by atoms with Gasteiger partial charge < -0.3 is 14.9 Å². The highest BCUT2D eigenvalue weighted by atomic mass is 16.3. The normalized spacial score (nSPS) is 26.3. The van der Waals surface area contributed by atoms with Gasteiger partial charge in [0.1, 0.15) is 0 Å². The fourth-order valence-corrected chi connectivity index (χ4v) is 3.10. The summed E-state index contributed by atoms with van der Waals surface area (Å²) in [6.45, 7) is 4.15. The minimum Gasteiger partial charge on any atom is -0.394 e. The Labute approximate surface area is 110 Å². The Kier molecular flexibility index (Phi) is 5.45. The average Bonchev–Trinajstić information content (AvgIpc) is 2.79. The summed E-state index contributed by atoms with van der Waals surface area (Å²) in [6.07, 6.45) is 7.55. The Balaban J connectivity index is 1.80. The minimum atomic E-state index is 0.0681. The van der Waals surface area contributed by atoms with Crippen molar-refractivity contribution in [2.24, 2.45) is 0 Å². The van der Waals surface area contributed by atoms with Crippen LogP contribution in [0.4, 0.5) is 0 Å². The van der Waals surface area contributed by atoms with Crippen LogP contribution in [0, 0.1) is 0 Å². The Hall–Kier alpha value is -0.610. The van der Waals surface area contributed by atoms with Crippen LogP contribution in [0.5, 0.6) is 0 Å². The number of likely N-dealkylation sites (tertiary alicyclic amines) is 2. The van der Waals surface area contributed by atoms with E-state index in [9.17, 15) is 9.90 Å². The third-order valence-corrected chi connectivity index (χ3v) is 4.25. The summed E-state index contributed by atoms with van der Waals surface area (Å²) >= 11 is 0. The first kappa shape index (κ1) is 13.8. The van der Waals surface area contributed by atoms with Crippen LogP contribution in [0.2, 0.25) is 0 Å². The molecule has 2 rings (SSSR count). The molecule has 1 unspecified atom stereocenters. The number of hydrogen-bond acceptors (Lipinski definition) is 3. The van der Waals surface area contributed by atoms with Crippen molar-refractivity contribution in [3.63, 3.8) is 0 Å². The average molecular weight is 254 g/mol. The molecule has 0 aromatic carbocycles. The van der Waals surface area contributed by atoms with Crippen molar-refractivity contribution in [3.05, 3.63) is 0 Å². The maximum absolute atomic E-state index is 12.3. The number of amides is 1. The maximum Gasteiger partial charge on any atom is 0.224 e. The van der Waals surface area contributed by atoms with Crippen molar-refractivity contribution < 1.29 is 9.90 Å². The molecule has 4 nitrogen and oxygen atoms in total. The zero-order valence-corrected chi connectivity index (χ0v) is 11.3. The molecule has 0 bridgehead atoms. The summed E-state index contributed by atoms with van der Waals surface area (Å²) in [5, 5.41) is 9.41. The third-order valence-electron chi connectivity index (χ3n) is 4.25. The molecule has 0 aliphatic carbocycles. The van der Waals surface area contributed by atoms with E-state index in [1.807, 2.05) is 4.90 Å². The maximum atomic E-state index is 12.3. The van der Waals surface area contributed by atoms with E-state index in [0.29, 0.717) is 6.42 Å². The van der Waals surface area contributed by atoms with Gasteiger partial charge in [-0.15, -0.1) is 0 Å². The van der Waals surface area contributed by atoms with Crippen LogP contribution in [0.1, 0.15) is 44.9 Å². The van der Waals surface area contributed by atoms with Gasteiger partial charge in [0, 0.05) is 19.5 Å². The van der Waals surface area contributed by atoms with Crippen molar-refractivity contribution in [3.8, 4) is 0 Å². The number of carbonyl (C=O) groups is 1. The number of aliphatic hydroxyl groups excluding tert-OH is 1. The zero-order chi connectivity index (χ0) is 12.8. The number of carbonyl (C=O) groups excluding carboxylic acids is 1. The van der Waals surface area contributed by atoms with Gasteiger partial charge >= 0.3 is 0 Å². The van der Waals surface area contributed by atoms with Crippen LogP contribution < -0.4 is 0 Å².